The summed E-state index contributed by atoms with van der Waals surface area (Å²) in [6, 6.07) is 9.03. The van der Waals surface area contributed by atoms with Crippen LogP contribution in [0.1, 0.15) is 47.3 Å². The van der Waals surface area contributed by atoms with Gasteiger partial charge in [0, 0.05) is 18.9 Å². The molecule has 5 nitrogen and oxygen atoms in total. The Balaban J connectivity index is 1.73. The SMILES string of the molecule is CC(C)Cc1cc(C(=O)N[C@@H]2c3ccccc3C[C@@H]2O)no1. The summed E-state index contributed by atoms with van der Waals surface area (Å²) in [5.74, 6) is 0.819. The average Bonchev–Trinajstić information content (AvgIpc) is 3.04. The minimum Gasteiger partial charge on any atom is -0.390 e. The summed E-state index contributed by atoms with van der Waals surface area (Å²) in [6.07, 6.45) is 0.691. The molecule has 0 aliphatic heterocycles. The largest absolute Gasteiger partial charge is 0.390 e. The van der Waals surface area contributed by atoms with Gasteiger partial charge in [-0.2, -0.15) is 0 Å². The van der Waals surface area contributed by atoms with Gasteiger partial charge in [0.15, 0.2) is 5.69 Å². The van der Waals surface area contributed by atoms with Gasteiger partial charge in [-0.15, -0.1) is 0 Å². The van der Waals surface area contributed by atoms with Crippen LogP contribution < -0.4 is 5.32 Å². The third-order valence-electron chi connectivity index (χ3n) is 3.89. The molecule has 0 saturated heterocycles. The fraction of sp³-hybridized carbons (Fsp3) is 0.412. The molecule has 0 fully saturated rings. The minimum absolute atomic E-state index is 0.257. The lowest BCUT2D eigenvalue weighted by molar-refractivity contribution is 0.0849. The Bertz CT molecular complexity index is 678. The lowest BCUT2D eigenvalue weighted by Crippen LogP contribution is -2.34. The van der Waals surface area contributed by atoms with Crippen molar-refractivity contribution in [3.8, 4) is 0 Å². The van der Waals surface area contributed by atoms with Crippen LogP contribution in [0.25, 0.3) is 0 Å². The topological polar surface area (TPSA) is 75.4 Å². The lowest BCUT2D eigenvalue weighted by atomic mass is 10.1. The molecule has 5 heteroatoms. The van der Waals surface area contributed by atoms with Gasteiger partial charge in [-0.05, 0) is 17.0 Å². The number of hydrogen-bond acceptors (Lipinski definition) is 4. The maximum Gasteiger partial charge on any atom is 0.274 e. The first-order chi connectivity index (χ1) is 10.5. The maximum absolute atomic E-state index is 12.3. The zero-order valence-electron chi connectivity index (χ0n) is 12.7. The average molecular weight is 300 g/mol. The Labute approximate surface area is 129 Å². The second-order valence-electron chi connectivity index (χ2n) is 6.20. The van der Waals surface area contributed by atoms with Crippen molar-refractivity contribution in [2.24, 2.45) is 5.92 Å². The molecular formula is C17H20N2O3. The van der Waals surface area contributed by atoms with Gasteiger partial charge in [-0.3, -0.25) is 4.79 Å². The fourth-order valence-corrected chi connectivity index (χ4v) is 2.88. The van der Waals surface area contributed by atoms with Gasteiger partial charge in [0.25, 0.3) is 5.91 Å². The molecule has 116 valence electrons. The van der Waals surface area contributed by atoms with E-state index in [2.05, 4.69) is 24.3 Å². The molecule has 2 N–H and O–H groups in total. The fourth-order valence-electron chi connectivity index (χ4n) is 2.88. The number of carbonyl (C=O) groups excluding carboxylic acids is 1. The van der Waals surface area contributed by atoms with Crippen LogP contribution in [0.3, 0.4) is 0 Å². The first-order valence-electron chi connectivity index (χ1n) is 7.57. The van der Waals surface area contributed by atoms with Crippen LogP contribution in [0.15, 0.2) is 34.9 Å². The summed E-state index contributed by atoms with van der Waals surface area (Å²) in [5, 5.41) is 16.9. The predicted octanol–water partition coefficient (Wildman–Crippen LogP) is 2.26. The van der Waals surface area contributed by atoms with Crippen molar-refractivity contribution in [1.29, 1.82) is 0 Å². The van der Waals surface area contributed by atoms with E-state index in [9.17, 15) is 9.90 Å². The summed E-state index contributed by atoms with van der Waals surface area (Å²) >= 11 is 0. The van der Waals surface area contributed by atoms with Gasteiger partial charge in [0.1, 0.15) is 5.76 Å². The zero-order valence-corrected chi connectivity index (χ0v) is 12.7. The number of aliphatic hydroxyl groups is 1. The summed E-state index contributed by atoms with van der Waals surface area (Å²) in [5.41, 5.74) is 2.29. The van der Waals surface area contributed by atoms with E-state index in [4.69, 9.17) is 4.52 Å². The van der Waals surface area contributed by atoms with Gasteiger partial charge < -0.3 is 14.9 Å². The molecule has 0 saturated carbocycles. The number of rotatable bonds is 4. The monoisotopic (exact) mass is 300 g/mol. The van der Waals surface area contributed by atoms with Gasteiger partial charge in [-0.1, -0.05) is 43.3 Å². The Hall–Kier alpha value is -2.14. The number of amides is 1. The molecule has 0 radical (unpaired) electrons. The standard InChI is InChI=1S/C17H20N2O3/c1-10(2)7-12-9-14(19-22-12)17(21)18-16-13-6-4-3-5-11(13)8-15(16)20/h3-6,9-10,15-16,20H,7-8H2,1-2H3,(H,18,21)/t15-,16+/m0/s1. The number of hydrogen-bond donors (Lipinski definition) is 2. The number of aromatic nitrogens is 1. The van der Waals surface area contributed by atoms with Gasteiger partial charge in [0.05, 0.1) is 12.1 Å². The molecule has 1 aliphatic carbocycles. The Morgan fingerprint density at radius 2 is 2.23 bits per heavy atom. The van der Waals surface area contributed by atoms with E-state index in [1.165, 1.54) is 0 Å². The van der Waals surface area contributed by atoms with Crippen molar-refractivity contribution in [3.63, 3.8) is 0 Å². The van der Waals surface area contributed by atoms with Crippen molar-refractivity contribution in [3.05, 3.63) is 52.9 Å². The first kappa shape index (κ1) is 14.8. The van der Waals surface area contributed by atoms with Crippen molar-refractivity contribution in [2.75, 3.05) is 0 Å². The van der Waals surface area contributed by atoms with E-state index >= 15 is 0 Å². The molecule has 1 aromatic heterocycles. The van der Waals surface area contributed by atoms with Gasteiger partial charge >= 0.3 is 0 Å². The number of nitrogens with one attached hydrogen (secondary N) is 1. The predicted molar refractivity (Wildman–Crippen MR) is 81.4 cm³/mol. The Morgan fingerprint density at radius 3 is 3.00 bits per heavy atom. The second kappa shape index (κ2) is 5.93. The number of nitrogens with zero attached hydrogens (tertiary/aromatic N) is 1. The van der Waals surface area contributed by atoms with E-state index in [1.807, 2.05) is 24.3 Å². The summed E-state index contributed by atoms with van der Waals surface area (Å²) < 4.78 is 5.18. The quantitative estimate of drug-likeness (QED) is 0.908. The third-order valence-corrected chi connectivity index (χ3v) is 3.89. The van der Waals surface area contributed by atoms with Crippen LogP contribution in [-0.4, -0.2) is 22.3 Å². The molecule has 22 heavy (non-hydrogen) atoms. The van der Waals surface area contributed by atoms with E-state index in [-0.39, 0.29) is 11.6 Å². The molecule has 0 unspecified atom stereocenters. The van der Waals surface area contributed by atoms with Crippen molar-refractivity contribution >= 4 is 5.91 Å². The molecule has 3 rings (SSSR count). The number of fused-ring (bicyclic) bond motifs is 1. The van der Waals surface area contributed by atoms with E-state index in [0.29, 0.717) is 18.1 Å². The second-order valence-corrected chi connectivity index (χ2v) is 6.20. The highest BCUT2D eigenvalue weighted by atomic mass is 16.5. The summed E-state index contributed by atoms with van der Waals surface area (Å²) in [7, 11) is 0. The molecule has 1 aliphatic rings. The van der Waals surface area contributed by atoms with Crippen LogP contribution in [0, 0.1) is 5.92 Å². The maximum atomic E-state index is 12.3. The van der Waals surface area contributed by atoms with Crippen LogP contribution in [0.4, 0.5) is 0 Å². The molecule has 1 heterocycles. The molecule has 1 amide bonds. The van der Waals surface area contributed by atoms with Crippen molar-refractivity contribution in [1.82, 2.24) is 10.5 Å². The normalized spacial score (nSPS) is 20.2. The molecular weight excluding hydrogens is 280 g/mol. The molecule has 2 aromatic rings. The lowest BCUT2D eigenvalue weighted by Gasteiger charge is -2.16. The Kier molecular flexibility index (Phi) is 3.98. The van der Waals surface area contributed by atoms with Gasteiger partial charge in [-0.25, -0.2) is 0 Å². The highest BCUT2D eigenvalue weighted by Gasteiger charge is 2.32. The summed E-state index contributed by atoms with van der Waals surface area (Å²) in [6.45, 7) is 4.15. The van der Waals surface area contributed by atoms with Crippen LogP contribution >= 0.6 is 0 Å². The van der Waals surface area contributed by atoms with Crippen molar-refractivity contribution in [2.45, 2.75) is 38.8 Å². The highest BCUT2D eigenvalue weighted by Crippen LogP contribution is 2.31. The van der Waals surface area contributed by atoms with Gasteiger partial charge in [0.2, 0.25) is 0 Å². The molecule has 2 atom stereocenters. The van der Waals surface area contributed by atoms with Crippen molar-refractivity contribution < 1.29 is 14.4 Å². The molecule has 0 spiro atoms. The third kappa shape index (κ3) is 2.90. The van der Waals surface area contributed by atoms with E-state index in [0.717, 1.165) is 17.5 Å². The van der Waals surface area contributed by atoms with Crippen LogP contribution in [-0.2, 0) is 12.8 Å². The van der Waals surface area contributed by atoms with Crippen LogP contribution in [0.5, 0.6) is 0 Å². The Morgan fingerprint density at radius 1 is 1.45 bits per heavy atom. The first-order valence-corrected chi connectivity index (χ1v) is 7.57. The zero-order chi connectivity index (χ0) is 15.7. The number of carbonyl (C=O) groups is 1. The number of aliphatic hydroxyl groups excluding tert-OH is 1. The molecule has 1 aromatic carbocycles. The summed E-state index contributed by atoms with van der Waals surface area (Å²) in [4.78, 5) is 12.3. The van der Waals surface area contributed by atoms with Crippen LogP contribution in [0.2, 0.25) is 0 Å². The van der Waals surface area contributed by atoms with E-state index < -0.39 is 12.1 Å². The highest BCUT2D eigenvalue weighted by molar-refractivity contribution is 5.92. The smallest absolute Gasteiger partial charge is 0.274 e. The molecule has 0 bridgehead atoms. The minimum atomic E-state index is -0.608. The van der Waals surface area contributed by atoms with E-state index in [1.54, 1.807) is 6.07 Å². The number of benzene rings is 1.